The number of aliphatic hydroxyl groups is 4. The van der Waals surface area contributed by atoms with Crippen molar-refractivity contribution >= 4 is 5.91 Å². The van der Waals surface area contributed by atoms with Crippen LogP contribution in [-0.4, -0.2) is 102 Å². The molecule has 2 aliphatic rings. The van der Waals surface area contributed by atoms with Crippen LogP contribution in [0.1, 0.15) is 13.8 Å². The third kappa shape index (κ3) is 4.47. The number of nitrogens with one attached hydrogen (secondary N) is 1. The molecule has 0 aromatic carbocycles. The van der Waals surface area contributed by atoms with Gasteiger partial charge in [-0.15, -0.1) is 0 Å². The van der Waals surface area contributed by atoms with Crippen LogP contribution < -0.4 is 5.32 Å². The largest absolute Gasteiger partial charge is 0.394 e. The molecule has 9 atom stereocenters. The van der Waals surface area contributed by atoms with Crippen LogP contribution in [0.4, 0.5) is 0 Å². The molecule has 0 aromatic rings. The molecule has 1 amide bonds. The summed E-state index contributed by atoms with van der Waals surface area (Å²) in [6, 6.07) is -0.733. The lowest BCUT2D eigenvalue weighted by Gasteiger charge is -2.46. The van der Waals surface area contributed by atoms with Crippen LogP contribution in [-0.2, 0) is 23.7 Å². The minimum atomic E-state index is -1.41. The number of rotatable bonds is 5. The Morgan fingerprint density at radius 1 is 1.24 bits per heavy atom. The average molecular weight is 365 g/mol. The van der Waals surface area contributed by atoms with Gasteiger partial charge in [0.05, 0.1) is 25.4 Å². The molecule has 2 rings (SSSR count). The highest BCUT2D eigenvalue weighted by molar-refractivity contribution is 5.73. The number of carbonyl (C=O) groups excluding carboxylic acids is 1. The number of carbonyl (C=O) groups is 1. The SMILES string of the molecule is COC1COC(OC2C(O)C(CO)OC(C)C2NC(C)=O)C(O)C1O. The van der Waals surface area contributed by atoms with Crippen molar-refractivity contribution in [3.05, 3.63) is 0 Å². The maximum absolute atomic E-state index is 11.5. The van der Waals surface area contributed by atoms with Gasteiger partial charge in [-0.05, 0) is 6.92 Å². The van der Waals surface area contributed by atoms with Gasteiger partial charge in [0.15, 0.2) is 6.29 Å². The van der Waals surface area contributed by atoms with Crippen molar-refractivity contribution in [1.82, 2.24) is 5.32 Å². The van der Waals surface area contributed by atoms with E-state index in [1.165, 1.54) is 14.0 Å². The quantitative estimate of drug-likeness (QED) is 0.346. The van der Waals surface area contributed by atoms with E-state index in [9.17, 15) is 25.2 Å². The average Bonchev–Trinajstić information content (AvgIpc) is 2.57. The van der Waals surface area contributed by atoms with Gasteiger partial charge >= 0.3 is 0 Å². The number of aliphatic hydroxyl groups excluding tert-OH is 4. The van der Waals surface area contributed by atoms with Crippen molar-refractivity contribution in [2.24, 2.45) is 0 Å². The molecule has 9 unspecified atom stereocenters. The van der Waals surface area contributed by atoms with Crippen LogP contribution in [0.3, 0.4) is 0 Å². The van der Waals surface area contributed by atoms with E-state index in [-0.39, 0.29) is 12.5 Å². The minimum absolute atomic E-state index is 0.0114. The van der Waals surface area contributed by atoms with E-state index in [0.29, 0.717) is 0 Å². The molecule has 0 aliphatic carbocycles. The first-order chi connectivity index (χ1) is 11.8. The lowest BCUT2D eigenvalue weighted by Crippen LogP contribution is -2.66. The number of methoxy groups -OCH3 is 1. The van der Waals surface area contributed by atoms with Gasteiger partial charge in [0, 0.05) is 14.0 Å². The second-order valence-electron chi connectivity index (χ2n) is 6.34. The summed E-state index contributed by atoms with van der Waals surface area (Å²) in [6.07, 6.45) is -8.34. The zero-order chi connectivity index (χ0) is 18.7. The predicted molar refractivity (Wildman–Crippen MR) is 82.5 cm³/mol. The van der Waals surface area contributed by atoms with Gasteiger partial charge in [0.1, 0.15) is 36.6 Å². The number of hydrogen-bond donors (Lipinski definition) is 5. The molecule has 0 bridgehead atoms. The van der Waals surface area contributed by atoms with Crippen molar-refractivity contribution in [2.45, 2.75) is 68.9 Å². The molecule has 10 heteroatoms. The van der Waals surface area contributed by atoms with Crippen molar-refractivity contribution in [3.8, 4) is 0 Å². The van der Waals surface area contributed by atoms with Crippen molar-refractivity contribution in [3.63, 3.8) is 0 Å². The smallest absolute Gasteiger partial charge is 0.217 e. The Balaban J connectivity index is 2.15. The van der Waals surface area contributed by atoms with Crippen LogP contribution in [0.2, 0.25) is 0 Å². The summed E-state index contributed by atoms with van der Waals surface area (Å²) in [5, 5.41) is 42.6. The summed E-state index contributed by atoms with van der Waals surface area (Å²) in [5.41, 5.74) is 0. The van der Waals surface area contributed by atoms with E-state index in [2.05, 4.69) is 5.32 Å². The fourth-order valence-corrected chi connectivity index (χ4v) is 3.13. The Morgan fingerprint density at radius 3 is 2.48 bits per heavy atom. The van der Waals surface area contributed by atoms with Crippen LogP contribution >= 0.6 is 0 Å². The highest BCUT2D eigenvalue weighted by atomic mass is 16.7. The van der Waals surface area contributed by atoms with Crippen LogP contribution in [0.25, 0.3) is 0 Å². The number of amides is 1. The van der Waals surface area contributed by atoms with Crippen molar-refractivity contribution in [2.75, 3.05) is 20.3 Å². The van der Waals surface area contributed by atoms with E-state index in [0.717, 1.165) is 0 Å². The molecule has 2 heterocycles. The summed E-state index contributed by atoms with van der Waals surface area (Å²) in [5.74, 6) is -0.353. The van der Waals surface area contributed by atoms with Crippen LogP contribution in [0.5, 0.6) is 0 Å². The first-order valence-electron chi connectivity index (χ1n) is 8.17. The maximum atomic E-state index is 11.5. The Morgan fingerprint density at radius 2 is 1.92 bits per heavy atom. The maximum Gasteiger partial charge on any atom is 0.217 e. The molecule has 5 N–H and O–H groups in total. The van der Waals surface area contributed by atoms with E-state index in [4.69, 9.17) is 18.9 Å². The molecule has 0 spiro atoms. The standard InChI is InChI=1S/C15H27NO9/c1-6-10(16-7(2)18)14(12(20)8(4-17)24-6)25-15-13(21)11(19)9(22-3)5-23-15/h6,8-15,17,19-21H,4-5H2,1-3H3,(H,16,18). The molecule has 2 fully saturated rings. The third-order valence-electron chi connectivity index (χ3n) is 4.54. The monoisotopic (exact) mass is 365 g/mol. The molecule has 146 valence electrons. The second-order valence-corrected chi connectivity index (χ2v) is 6.34. The highest BCUT2D eigenvalue weighted by Crippen LogP contribution is 2.27. The third-order valence-corrected chi connectivity index (χ3v) is 4.54. The summed E-state index contributed by atoms with van der Waals surface area (Å²) >= 11 is 0. The molecule has 2 saturated heterocycles. The molecule has 0 saturated carbocycles. The summed E-state index contributed by atoms with van der Waals surface area (Å²) in [4.78, 5) is 11.5. The highest BCUT2D eigenvalue weighted by Gasteiger charge is 2.48. The fraction of sp³-hybridized carbons (Fsp3) is 0.933. The van der Waals surface area contributed by atoms with E-state index in [1.807, 2.05) is 0 Å². The molecular weight excluding hydrogens is 338 g/mol. The topological polar surface area (TPSA) is 147 Å². The summed E-state index contributed by atoms with van der Waals surface area (Å²) < 4.78 is 21.6. The van der Waals surface area contributed by atoms with Gasteiger partial charge in [-0.25, -0.2) is 0 Å². The van der Waals surface area contributed by atoms with Gasteiger partial charge < -0.3 is 44.7 Å². The van der Waals surface area contributed by atoms with E-state index >= 15 is 0 Å². The number of hydrogen-bond acceptors (Lipinski definition) is 9. The van der Waals surface area contributed by atoms with E-state index < -0.39 is 61.7 Å². The Kier molecular flexibility index (Phi) is 7.11. The molecule has 0 aromatic heterocycles. The molecule has 10 nitrogen and oxygen atoms in total. The zero-order valence-electron chi connectivity index (χ0n) is 14.4. The normalized spacial score (nSPS) is 45.2. The van der Waals surface area contributed by atoms with Crippen molar-refractivity contribution < 1.29 is 44.2 Å². The lowest BCUT2D eigenvalue weighted by atomic mass is 9.93. The molecule has 2 aliphatic heterocycles. The van der Waals surface area contributed by atoms with Crippen molar-refractivity contribution in [1.29, 1.82) is 0 Å². The van der Waals surface area contributed by atoms with Gasteiger partial charge in [-0.1, -0.05) is 0 Å². The molecular formula is C15H27NO9. The zero-order valence-corrected chi connectivity index (χ0v) is 14.4. The van der Waals surface area contributed by atoms with Gasteiger partial charge in [-0.3, -0.25) is 4.79 Å². The predicted octanol–water partition coefficient (Wildman–Crippen LogP) is -2.89. The van der Waals surface area contributed by atoms with Crippen LogP contribution in [0.15, 0.2) is 0 Å². The lowest BCUT2D eigenvalue weighted by molar-refractivity contribution is -0.312. The summed E-state index contributed by atoms with van der Waals surface area (Å²) in [7, 11) is 1.38. The van der Waals surface area contributed by atoms with E-state index in [1.54, 1.807) is 6.92 Å². The second kappa shape index (κ2) is 8.69. The van der Waals surface area contributed by atoms with Gasteiger partial charge in [-0.2, -0.15) is 0 Å². The fourth-order valence-electron chi connectivity index (χ4n) is 3.13. The first kappa shape index (κ1) is 20.5. The molecule has 25 heavy (non-hydrogen) atoms. The Hall–Kier alpha value is -0.850. The van der Waals surface area contributed by atoms with Gasteiger partial charge in [0.2, 0.25) is 5.91 Å². The van der Waals surface area contributed by atoms with Crippen LogP contribution in [0, 0.1) is 0 Å². The Labute approximate surface area is 145 Å². The summed E-state index contributed by atoms with van der Waals surface area (Å²) in [6.45, 7) is 2.52. The van der Waals surface area contributed by atoms with Gasteiger partial charge in [0.25, 0.3) is 0 Å². The number of ether oxygens (including phenoxy) is 4. The first-order valence-corrected chi connectivity index (χ1v) is 8.17. The minimum Gasteiger partial charge on any atom is -0.394 e. The molecule has 0 radical (unpaired) electrons. The Bertz CT molecular complexity index is 451.